The summed E-state index contributed by atoms with van der Waals surface area (Å²) in [5, 5.41) is 6.70. The largest absolute Gasteiger partial charge is 0.433 e. The number of amides is 1. The lowest BCUT2D eigenvalue weighted by atomic mass is 10.1. The number of aromatic nitrogens is 2. The van der Waals surface area contributed by atoms with Crippen molar-refractivity contribution < 1.29 is 18.0 Å². The fraction of sp³-hybridized carbons (Fsp3) is 0.600. The topological polar surface area (TPSA) is 46.9 Å². The summed E-state index contributed by atoms with van der Waals surface area (Å²) in [5.74, 6) is -0.215. The maximum absolute atomic E-state index is 12.9. The van der Waals surface area contributed by atoms with Crippen molar-refractivity contribution in [1.29, 1.82) is 0 Å². The number of carbonyl (C=O) groups is 1. The van der Waals surface area contributed by atoms with E-state index in [1.165, 1.54) is 6.92 Å². The minimum absolute atomic E-state index is 0.0371. The molecular formula is C15H20F3N3O. The van der Waals surface area contributed by atoms with Crippen molar-refractivity contribution in [3.63, 3.8) is 0 Å². The maximum Gasteiger partial charge on any atom is 0.433 e. The van der Waals surface area contributed by atoms with E-state index in [2.05, 4.69) is 10.4 Å². The molecule has 0 fully saturated rings. The van der Waals surface area contributed by atoms with Crippen LogP contribution in [0.1, 0.15) is 31.2 Å². The Labute approximate surface area is 127 Å². The molecule has 22 heavy (non-hydrogen) atoms. The molecule has 1 aromatic heterocycles. The summed E-state index contributed by atoms with van der Waals surface area (Å²) >= 11 is 0. The van der Waals surface area contributed by atoms with Gasteiger partial charge >= 0.3 is 6.18 Å². The average Bonchev–Trinajstić information content (AvgIpc) is 3.04. The Balaban J connectivity index is 1.89. The Morgan fingerprint density at radius 1 is 1.45 bits per heavy atom. The second-order valence-corrected chi connectivity index (χ2v) is 5.84. The number of hydrogen-bond acceptors (Lipinski definition) is 2. The van der Waals surface area contributed by atoms with Crippen LogP contribution in [-0.4, -0.2) is 22.2 Å². The molecule has 1 aromatic rings. The number of halogens is 3. The molecular weight excluding hydrogens is 295 g/mol. The van der Waals surface area contributed by atoms with Gasteiger partial charge in [-0.2, -0.15) is 18.3 Å². The van der Waals surface area contributed by atoms with Crippen molar-refractivity contribution in [2.24, 2.45) is 11.8 Å². The lowest BCUT2D eigenvalue weighted by Crippen LogP contribution is -2.34. The number of hydrogen-bond donors (Lipinski definition) is 1. The number of nitrogens with one attached hydrogen (secondary N) is 1. The van der Waals surface area contributed by atoms with Crippen LogP contribution < -0.4 is 5.32 Å². The van der Waals surface area contributed by atoms with Crippen molar-refractivity contribution >= 4 is 5.91 Å². The molecule has 2 rings (SSSR count). The van der Waals surface area contributed by atoms with Gasteiger partial charge in [0.15, 0.2) is 0 Å². The van der Waals surface area contributed by atoms with Crippen LogP contribution in [0.5, 0.6) is 0 Å². The number of aryl methyl sites for hydroxylation is 1. The van der Waals surface area contributed by atoms with E-state index in [4.69, 9.17) is 0 Å². The molecule has 122 valence electrons. The third kappa shape index (κ3) is 4.11. The summed E-state index contributed by atoms with van der Waals surface area (Å²) in [6.45, 7) is 3.78. The number of nitrogens with zero attached hydrogens (tertiary/aromatic N) is 2. The molecule has 7 heteroatoms. The number of carbonyl (C=O) groups excluding carboxylic acids is 1. The van der Waals surface area contributed by atoms with Crippen LogP contribution in [-0.2, 0) is 17.5 Å². The molecule has 0 saturated heterocycles. The number of rotatable bonds is 5. The molecule has 0 radical (unpaired) electrons. The third-order valence-electron chi connectivity index (χ3n) is 3.68. The Bertz CT molecular complexity index is 555. The first-order chi connectivity index (χ1) is 10.3. The summed E-state index contributed by atoms with van der Waals surface area (Å²) in [7, 11) is 0. The lowest BCUT2D eigenvalue weighted by Gasteiger charge is -2.17. The van der Waals surface area contributed by atoms with E-state index in [1.807, 2.05) is 12.2 Å². The van der Waals surface area contributed by atoms with Crippen molar-refractivity contribution in [3.05, 3.63) is 29.6 Å². The van der Waals surface area contributed by atoms with Gasteiger partial charge < -0.3 is 5.32 Å². The zero-order chi connectivity index (χ0) is 16.3. The molecule has 0 unspecified atom stereocenters. The lowest BCUT2D eigenvalue weighted by molar-refractivity contribution is -0.144. The first kappa shape index (κ1) is 16.6. The van der Waals surface area contributed by atoms with Crippen LogP contribution in [0.3, 0.4) is 0 Å². The van der Waals surface area contributed by atoms with Gasteiger partial charge in [-0.05, 0) is 31.7 Å². The Morgan fingerprint density at radius 2 is 2.09 bits per heavy atom. The average molecular weight is 315 g/mol. The van der Waals surface area contributed by atoms with Crippen LogP contribution in [0.2, 0.25) is 0 Å². The molecule has 0 spiro atoms. The van der Waals surface area contributed by atoms with E-state index in [1.54, 1.807) is 6.92 Å². The third-order valence-corrected chi connectivity index (χ3v) is 3.68. The molecule has 1 amide bonds. The van der Waals surface area contributed by atoms with Gasteiger partial charge in [-0.25, -0.2) is 0 Å². The molecule has 1 atom stereocenters. The predicted octanol–water partition coefficient (Wildman–Crippen LogP) is 2.93. The maximum atomic E-state index is 12.9. The van der Waals surface area contributed by atoms with Crippen LogP contribution in [0.25, 0.3) is 0 Å². The summed E-state index contributed by atoms with van der Waals surface area (Å²) in [5.41, 5.74) is -0.413. The van der Waals surface area contributed by atoms with E-state index in [-0.39, 0.29) is 24.3 Å². The quantitative estimate of drug-likeness (QED) is 0.849. The standard InChI is InChI=1S/C15H20F3N3O/c1-10(8-19-14(22)12-5-3-4-6-12)9-21-13(15(16,17)18)7-11(2)20-21/h3-4,7,10,12H,5-6,8-9H2,1-2H3,(H,19,22)/t10-/m0/s1. The molecule has 0 aromatic carbocycles. The zero-order valence-corrected chi connectivity index (χ0v) is 12.7. The van der Waals surface area contributed by atoms with Gasteiger partial charge in [0.25, 0.3) is 0 Å². The van der Waals surface area contributed by atoms with Crippen LogP contribution in [0.15, 0.2) is 18.2 Å². The summed E-state index contributed by atoms with van der Waals surface area (Å²) in [4.78, 5) is 11.9. The SMILES string of the molecule is Cc1cc(C(F)(F)F)n(C[C@@H](C)CNC(=O)C2CC=CC2)n1. The highest BCUT2D eigenvalue weighted by Gasteiger charge is 2.35. The van der Waals surface area contributed by atoms with Crippen LogP contribution >= 0.6 is 0 Å². The van der Waals surface area contributed by atoms with E-state index in [0.29, 0.717) is 12.2 Å². The fourth-order valence-corrected chi connectivity index (χ4v) is 2.52. The van der Waals surface area contributed by atoms with E-state index in [9.17, 15) is 18.0 Å². The molecule has 0 saturated carbocycles. The summed E-state index contributed by atoms with van der Waals surface area (Å²) in [6, 6.07) is 1.04. The molecule has 1 aliphatic carbocycles. The number of allylic oxidation sites excluding steroid dienone is 2. The monoisotopic (exact) mass is 315 g/mol. The second kappa shape index (κ2) is 6.54. The van der Waals surface area contributed by atoms with Crippen molar-refractivity contribution in [1.82, 2.24) is 15.1 Å². The van der Waals surface area contributed by atoms with Gasteiger partial charge in [0.1, 0.15) is 5.69 Å². The Kier molecular flexibility index (Phi) is 4.93. The Morgan fingerprint density at radius 3 is 2.68 bits per heavy atom. The van der Waals surface area contributed by atoms with Gasteiger partial charge in [0.05, 0.1) is 5.69 Å². The van der Waals surface area contributed by atoms with E-state index < -0.39 is 11.9 Å². The molecule has 1 heterocycles. The predicted molar refractivity (Wildman–Crippen MR) is 76.0 cm³/mol. The number of alkyl halides is 3. The van der Waals surface area contributed by atoms with Gasteiger partial charge in [-0.15, -0.1) is 0 Å². The van der Waals surface area contributed by atoms with Crippen LogP contribution in [0.4, 0.5) is 13.2 Å². The van der Waals surface area contributed by atoms with Crippen molar-refractivity contribution in [2.45, 2.75) is 39.4 Å². The first-order valence-corrected chi connectivity index (χ1v) is 7.31. The van der Waals surface area contributed by atoms with Crippen molar-refractivity contribution in [2.75, 3.05) is 6.54 Å². The highest BCUT2D eigenvalue weighted by Crippen LogP contribution is 2.30. The van der Waals surface area contributed by atoms with Gasteiger partial charge in [0.2, 0.25) is 5.91 Å². The summed E-state index contributed by atoms with van der Waals surface area (Å²) < 4.78 is 39.7. The highest BCUT2D eigenvalue weighted by atomic mass is 19.4. The molecule has 0 aliphatic heterocycles. The molecule has 0 bridgehead atoms. The summed E-state index contributed by atoms with van der Waals surface area (Å²) in [6.07, 6.45) is 0.985. The van der Waals surface area contributed by atoms with Gasteiger partial charge in [-0.1, -0.05) is 19.1 Å². The van der Waals surface area contributed by atoms with Crippen LogP contribution in [0, 0.1) is 18.8 Å². The zero-order valence-electron chi connectivity index (χ0n) is 12.7. The minimum Gasteiger partial charge on any atom is -0.356 e. The smallest absolute Gasteiger partial charge is 0.356 e. The second-order valence-electron chi connectivity index (χ2n) is 5.84. The van der Waals surface area contributed by atoms with Gasteiger partial charge in [-0.3, -0.25) is 9.48 Å². The fourth-order valence-electron chi connectivity index (χ4n) is 2.52. The first-order valence-electron chi connectivity index (χ1n) is 7.31. The van der Waals surface area contributed by atoms with E-state index >= 15 is 0 Å². The highest BCUT2D eigenvalue weighted by molar-refractivity contribution is 5.79. The van der Waals surface area contributed by atoms with E-state index in [0.717, 1.165) is 23.6 Å². The Hall–Kier alpha value is -1.79. The van der Waals surface area contributed by atoms with Gasteiger partial charge in [0, 0.05) is 19.0 Å². The molecule has 1 aliphatic rings. The minimum atomic E-state index is -4.42. The molecule has 1 N–H and O–H groups in total. The molecule has 4 nitrogen and oxygen atoms in total. The van der Waals surface area contributed by atoms with Crippen molar-refractivity contribution in [3.8, 4) is 0 Å². The normalized spacial score (nSPS) is 17.0.